The molecule has 0 amide bonds. The molecule has 0 atom stereocenters. The molecule has 9 nitrogen and oxygen atoms in total. The lowest BCUT2D eigenvalue weighted by molar-refractivity contribution is 0.0600. The van der Waals surface area contributed by atoms with Crippen molar-refractivity contribution in [3.8, 4) is 11.4 Å². The van der Waals surface area contributed by atoms with E-state index in [1.807, 2.05) is 0 Å². The van der Waals surface area contributed by atoms with Crippen molar-refractivity contribution in [1.82, 2.24) is 24.5 Å². The summed E-state index contributed by atoms with van der Waals surface area (Å²) in [7, 11) is -2.43. The molecule has 0 saturated carbocycles. The summed E-state index contributed by atoms with van der Waals surface area (Å²) in [4.78, 5) is 19.6. The van der Waals surface area contributed by atoms with Crippen molar-refractivity contribution in [3.05, 3.63) is 60.7 Å². The van der Waals surface area contributed by atoms with Gasteiger partial charge in [0.2, 0.25) is 10.0 Å². The normalized spacial score (nSPS) is 11.3. The van der Waals surface area contributed by atoms with Gasteiger partial charge in [0.05, 0.1) is 30.3 Å². The Kier molecular flexibility index (Phi) is 5.57. The number of methoxy groups -OCH3 is 1. The first-order valence-corrected chi connectivity index (χ1v) is 9.46. The van der Waals surface area contributed by atoms with E-state index in [4.69, 9.17) is 0 Å². The van der Waals surface area contributed by atoms with E-state index in [-0.39, 0.29) is 17.0 Å². The van der Waals surface area contributed by atoms with Crippen LogP contribution in [0.2, 0.25) is 0 Å². The summed E-state index contributed by atoms with van der Waals surface area (Å²) in [6.45, 7) is 0.502. The van der Waals surface area contributed by atoms with Crippen LogP contribution in [-0.4, -0.2) is 47.8 Å². The van der Waals surface area contributed by atoms with E-state index in [0.29, 0.717) is 17.9 Å². The van der Waals surface area contributed by atoms with Crippen LogP contribution in [0.3, 0.4) is 0 Å². The van der Waals surface area contributed by atoms with Gasteiger partial charge in [0.15, 0.2) is 0 Å². The first kappa shape index (κ1) is 18.7. The van der Waals surface area contributed by atoms with E-state index in [0.717, 1.165) is 0 Å². The van der Waals surface area contributed by atoms with E-state index in [1.165, 1.54) is 31.4 Å². The van der Waals surface area contributed by atoms with Crippen molar-refractivity contribution in [2.45, 2.75) is 11.4 Å². The number of ether oxygens (including phenoxy) is 1. The summed E-state index contributed by atoms with van der Waals surface area (Å²) in [5.41, 5.74) is 1.58. The number of benzene rings is 1. The minimum absolute atomic E-state index is 0.0656. The van der Waals surface area contributed by atoms with Crippen molar-refractivity contribution in [2.75, 3.05) is 13.7 Å². The highest BCUT2D eigenvalue weighted by molar-refractivity contribution is 7.89. The Morgan fingerprint density at radius 2 is 1.93 bits per heavy atom. The summed E-state index contributed by atoms with van der Waals surface area (Å²) in [5.74, 6) is -0.524. The number of carbonyl (C=O) groups excluding carboxylic acids is 1. The van der Waals surface area contributed by atoms with E-state index in [9.17, 15) is 13.2 Å². The van der Waals surface area contributed by atoms with Crippen molar-refractivity contribution in [1.29, 1.82) is 0 Å². The molecule has 0 spiro atoms. The molecule has 3 rings (SSSR count). The van der Waals surface area contributed by atoms with Gasteiger partial charge in [-0.15, -0.1) is 0 Å². The summed E-state index contributed by atoms with van der Waals surface area (Å²) >= 11 is 0. The zero-order valence-corrected chi connectivity index (χ0v) is 15.3. The third kappa shape index (κ3) is 4.54. The van der Waals surface area contributed by atoms with Crippen LogP contribution in [0.5, 0.6) is 0 Å². The number of hydrogen-bond acceptors (Lipinski definition) is 7. The van der Waals surface area contributed by atoms with E-state index in [1.54, 1.807) is 35.5 Å². The highest BCUT2D eigenvalue weighted by Crippen LogP contribution is 2.13. The number of nitrogens with zero attached hydrogens (tertiary/aromatic N) is 4. The second-order valence-electron chi connectivity index (χ2n) is 5.47. The first-order chi connectivity index (χ1) is 13.0. The summed E-state index contributed by atoms with van der Waals surface area (Å²) in [6.07, 6.45) is 6.50. The lowest BCUT2D eigenvalue weighted by Crippen LogP contribution is -2.27. The smallest absolute Gasteiger partial charge is 0.337 e. The molecule has 0 aliphatic carbocycles. The third-order valence-electron chi connectivity index (χ3n) is 3.68. The van der Waals surface area contributed by atoms with Crippen molar-refractivity contribution >= 4 is 16.0 Å². The largest absolute Gasteiger partial charge is 0.465 e. The highest BCUT2D eigenvalue weighted by atomic mass is 32.2. The Morgan fingerprint density at radius 1 is 1.15 bits per heavy atom. The third-order valence-corrected chi connectivity index (χ3v) is 5.16. The molecule has 0 bridgehead atoms. The number of esters is 1. The Bertz CT molecular complexity index is 1020. The average Bonchev–Trinajstić information content (AvgIpc) is 3.17. The van der Waals surface area contributed by atoms with Crippen molar-refractivity contribution < 1.29 is 17.9 Å². The molecule has 27 heavy (non-hydrogen) atoms. The molecule has 0 saturated heterocycles. The SMILES string of the molecule is COC(=O)c1ccc(S(=O)(=O)NCCn2ccc(-c3cnccn3)n2)cc1. The molecule has 0 aliphatic rings. The van der Waals surface area contributed by atoms with E-state index >= 15 is 0 Å². The van der Waals surface area contributed by atoms with Crippen LogP contribution in [0.4, 0.5) is 0 Å². The minimum Gasteiger partial charge on any atom is -0.465 e. The first-order valence-electron chi connectivity index (χ1n) is 7.97. The lowest BCUT2D eigenvalue weighted by Gasteiger charge is -2.07. The second-order valence-corrected chi connectivity index (χ2v) is 7.24. The maximum Gasteiger partial charge on any atom is 0.337 e. The molecule has 3 aromatic rings. The Labute approximate surface area is 156 Å². The van der Waals surface area contributed by atoms with Gasteiger partial charge in [-0.05, 0) is 30.3 Å². The molecular formula is C17H17N5O4S. The standard InChI is InChI=1S/C17H17N5O4S/c1-26-17(23)13-2-4-14(5-3-13)27(24,25)20-9-11-22-10-6-15(21-22)16-12-18-7-8-19-16/h2-8,10,12,20H,9,11H2,1H3. The second kappa shape index (κ2) is 8.06. The van der Waals surface area contributed by atoms with Gasteiger partial charge in [0.1, 0.15) is 11.4 Å². The number of rotatable bonds is 7. The average molecular weight is 387 g/mol. The molecule has 2 heterocycles. The van der Waals surface area contributed by atoms with E-state index < -0.39 is 16.0 Å². The maximum atomic E-state index is 12.3. The fraction of sp³-hybridized carbons (Fsp3) is 0.176. The zero-order chi connectivity index (χ0) is 19.3. The molecule has 1 N–H and O–H groups in total. The molecule has 140 valence electrons. The van der Waals surface area contributed by atoms with Crippen LogP contribution in [0.1, 0.15) is 10.4 Å². The van der Waals surface area contributed by atoms with Crippen LogP contribution in [0.15, 0.2) is 60.0 Å². The lowest BCUT2D eigenvalue weighted by atomic mass is 10.2. The molecular weight excluding hydrogens is 370 g/mol. The van der Waals surface area contributed by atoms with Gasteiger partial charge in [-0.25, -0.2) is 17.9 Å². The molecule has 10 heteroatoms. The van der Waals surface area contributed by atoms with E-state index in [2.05, 4.69) is 24.5 Å². The van der Waals surface area contributed by atoms with Gasteiger partial charge >= 0.3 is 5.97 Å². The monoisotopic (exact) mass is 387 g/mol. The number of hydrogen-bond donors (Lipinski definition) is 1. The molecule has 0 aliphatic heterocycles. The Hall–Kier alpha value is -3.11. The Balaban J connectivity index is 1.59. The number of nitrogens with one attached hydrogen (secondary N) is 1. The van der Waals surface area contributed by atoms with Crippen LogP contribution < -0.4 is 4.72 Å². The Morgan fingerprint density at radius 3 is 2.59 bits per heavy atom. The van der Waals surface area contributed by atoms with Gasteiger partial charge in [0, 0.05) is 25.1 Å². The topological polar surface area (TPSA) is 116 Å². The molecule has 1 aromatic carbocycles. The highest BCUT2D eigenvalue weighted by Gasteiger charge is 2.15. The fourth-order valence-corrected chi connectivity index (χ4v) is 3.34. The molecule has 0 radical (unpaired) electrons. The summed E-state index contributed by atoms with van der Waals surface area (Å²) in [5, 5.41) is 4.34. The maximum absolute atomic E-state index is 12.3. The molecule has 0 fully saturated rings. The summed E-state index contributed by atoms with van der Waals surface area (Å²) in [6, 6.07) is 7.30. The van der Waals surface area contributed by atoms with Gasteiger partial charge in [0.25, 0.3) is 0 Å². The van der Waals surface area contributed by atoms with Crippen molar-refractivity contribution in [3.63, 3.8) is 0 Å². The predicted octanol–water partition coefficient (Wildman–Crippen LogP) is 1.11. The van der Waals surface area contributed by atoms with Crippen LogP contribution in [0, 0.1) is 0 Å². The summed E-state index contributed by atoms with van der Waals surface area (Å²) < 4.78 is 33.4. The zero-order valence-electron chi connectivity index (χ0n) is 14.4. The number of aromatic nitrogens is 4. The van der Waals surface area contributed by atoms with Crippen LogP contribution in [-0.2, 0) is 21.3 Å². The fourth-order valence-electron chi connectivity index (χ4n) is 2.32. The van der Waals surface area contributed by atoms with Gasteiger partial charge in [-0.2, -0.15) is 5.10 Å². The minimum atomic E-state index is -3.69. The molecule has 2 aromatic heterocycles. The van der Waals surface area contributed by atoms with Gasteiger partial charge in [-0.3, -0.25) is 14.6 Å². The predicted molar refractivity (Wildman–Crippen MR) is 96.2 cm³/mol. The number of carbonyl (C=O) groups is 1. The number of sulfonamides is 1. The quantitative estimate of drug-likeness (QED) is 0.604. The molecule has 0 unspecified atom stereocenters. The van der Waals surface area contributed by atoms with Crippen LogP contribution >= 0.6 is 0 Å². The van der Waals surface area contributed by atoms with Crippen molar-refractivity contribution in [2.24, 2.45) is 0 Å². The van der Waals surface area contributed by atoms with Gasteiger partial charge < -0.3 is 4.74 Å². The van der Waals surface area contributed by atoms with Gasteiger partial charge in [-0.1, -0.05) is 0 Å². The van der Waals surface area contributed by atoms with Crippen LogP contribution in [0.25, 0.3) is 11.4 Å².